The highest BCUT2D eigenvalue weighted by atomic mass is 33.1. The monoisotopic (exact) mass is 197 g/mol. The Kier molecular flexibility index (Phi) is 3.08. The van der Waals surface area contributed by atoms with Crippen LogP contribution in [0, 0.1) is 0 Å². The summed E-state index contributed by atoms with van der Waals surface area (Å²) in [5.41, 5.74) is 0. The van der Waals surface area contributed by atoms with Gasteiger partial charge in [-0.1, -0.05) is 21.6 Å². The standard InChI is InChI=1S/C6H12FNOS2/c1-6(2)5(9-8)4(3-7)10-11-6/h4-5H,3,8H2,1-2H3. The lowest BCUT2D eigenvalue weighted by molar-refractivity contribution is 0.0302. The average Bonchev–Trinajstić information content (AvgIpc) is 2.24. The van der Waals surface area contributed by atoms with Gasteiger partial charge in [-0.15, -0.1) is 0 Å². The van der Waals surface area contributed by atoms with Crippen LogP contribution in [0.4, 0.5) is 4.39 Å². The zero-order valence-corrected chi connectivity index (χ0v) is 8.17. The van der Waals surface area contributed by atoms with E-state index in [0.717, 1.165) is 0 Å². The Morgan fingerprint density at radius 1 is 1.64 bits per heavy atom. The maximum absolute atomic E-state index is 12.3. The van der Waals surface area contributed by atoms with E-state index >= 15 is 0 Å². The first-order valence-electron chi connectivity index (χ1n) is 3.38. The van der Waals surface area contributed by atoms with Crippen molar-refractivity contribution in [2.24, 2.45) is 5.90 Å². The molecular formula is C6H12FNOS2. The molecule has 0 aromatic rings. The van der Waals surface area contributed by atoms with Crippen LogP contribution in [-0.2, 0) is 4.84 Å². The average molecular weight is 197 g/mol. The molecule has 1 fully saturated rings. The predicted octanol–water partition coefficient (Wildman–Crippen LogP) is 1.76. The minimum atomic E-state index is -0.372. The van der Waals surface area contributed by atoms with Crippen molar-refractivity contribution in [1.82, 2.24) is 0 Å². The van der Waals surface area contributed by atoms with Crippen LogP contribution >= 0.6 is 21.6 Å². The third-order valence-corrected chi connectivity index (χ3v) is 5.41. The number of hydrogen-bond donors (Lipinski definition) is 1. The van der Waals surface area contributed by atoms with Crippen LogP contribution in [0.3, 0.4) is 0 Å². The minimum Gasteiger partial charge on any atom is -0.299 e. The first-order valence-corrected chi connectivity index (χ1v) is 5.59. The quantitative estimate of drug-likeness (QED) is 0.540. The number of rotatable bonds is 2. The summed E-state index contributed by atoms with van der Waals surface area (Å²) in [7, 11) is 3.16. The van der Waals surface area contributed by atoms with E-state index < -0.39 is 0 Å². The maximum atomic E-state index is 12.3. The van der Waals surface area contributed by atoms with Gasteiger partial charge in [0, 0.05) is 0 Å². The van der Waals surface area contributed by atoms with Gasteiger partial charge in [-0.3, -0.25) is 4.84 Å². The lowest BCUT2D eigenvalue weighted by Crippen LogP contribution is -2.40. The second-order valence-corrected chi connectivity index (χ2v) is 6.13. The minimum absolute atomic E-state index is 0.0732. The van der Waals surface area contributed by atoms with E-state index in [9.17, 15) is 4.39 Å². The van der Waals surface area contributed by atoms with E-state index in [2.05, 4.69) is 0 Å². The molecule has 66 valence electrons. The van der Waals surface area contributed by atoms with Crippen molar-refractivity contribution in [2.45, 2.75) is 29.9 Å². The van der Waals surface area contributed by atoms with Crippen molar-refractivity contribution in [3.63, 3.8) is 0 Å². The topological polar surface area (TPSA) is 35.2 Å². The van der Waals surface area contributed by atoms with E-state index in [1.165, 1.54) is 10.8 Å². The molecule has 1 aliphatic rings. The van der Waals surface area contributed by atoms with Crippen molar-refractivity contribution < 1.29 is 9.23 Å². The largest absolute Gasteiger partial charge is 0.299 e. The molecule has 2 nitrogen and oxygen atoms in total. The summed E-state index contributed by atoms with van der Waals surface area (Å²) in [5, 5.41) is -0.111. The molecular weight excluding hydrogens is 185 g/mol. The molecule has 2 atom stereocenters. The third-order valence-electron chi connectivity index (χ3n) is 1.71. The normalized spacial score (nSPS) is 36.0. The summed E-state index contributed by atoms with van der Waals surface area (Å²) >= 11 is 0. The van der Waals surface area contributed by atoms with E-state index in [-0.39, 0.29) is 22.8 Å². The summed E-state index contributed by atoms with van der Waals surface area (Å²) in [6.07, 6.45) is -0.178. The van der Waals surface area contributed by atoms with E-state index in [1.54, 1.807) is 10.8 Å². The second kappa shape index (κ2) is 3.51. The molecule has 0 bridgehead atoms. The molecule has 0 spiro atoms. The number of nitrogens with two attached hydrogens (primary N) is 1. The summed E-state index contributed by atoms with van der Waals surface area (Å²) in [6, 6.07) is 0. The molecule has 0 saturated carbocycles. The van der Waals surface area contributed by atoms with Gasteiger partial charge >= 0.3 is 0 Å². The summed E-state index contributed by atoms with van der Waals surface area (Å²) < 4.78 is 12.2. The molecule has 2 N–H and O–H groups in total. The van der Waals surface area contributed by atoms with Crippen LogP contribution in [0.5, 0.6) is 0 Å². The maximum Gasteiger partial charge on any atom is 0.109 e. The third kappa shape index (κ3) is 1.83. The predicted molar refractivity (Wildman–Crippen MR) is 48.1 cm³/mol. The molecule has 0 aromatic carbocycles. The van der Waals surface area contributed by atoms with Gasteiger partial charge in [0.15, 0.2) is 0 Å². The Morgan fingerprint density at radius 2 is 2.27 bits per heavy atom. The Morgan fingerprint density at radius 3 is 2.64 bits per heavy atom. The van der Waals surface area contributed by atoms with Gasteiger partial charge in [-0.2, -0.15) is 0 Å². The van der Waals surface area contributed by atoms with Gasteiger partial charge in [-0.25, -0.2) is 10.3 Å². The van der Waals surface area contributed by atoms with Crippen LogP contribution < -0.4 is 5.90 Å². The molecule has 11 heavy (non-hydrogen) atoms. The Balaban J connectivity index is 2.63. The fourth-order valence-electron chi connectivity index (χ4n) is 1.09. The first kappa shape index (κ1) is 9.64. The summed E-state index contributed by atoms with van der Waals surface area (Å²) in [5.74, 6) is 5.08. The number of halogens is 1. The molecule has 1 heterocycles. The fourth-order valence-corrected chi connectivity index (χ4v) is 4.27. The zero-order chi connectivity index (χ0) is 8.48. The molecule has 0 radical (unpaired) electrons. The molecule has 1 rings (SSSR count). The van der Waals surface area contributed by atoms with Gasteiger partial charge in [0.25, 0.3) is 0 Å². The van der Waals surface area contributed by atoms with Crippen LogP contribution in [-0.4, -0.2) is 22.8 Å². The Bertz CT molecular complexity index is 145. The fraction of sp³-hybridized carbons (Fsp3) is 1.00. The van der Waals surface area contributed by atoms with Gasteiger partial charge < -0.3 is 0 Å². The lowest BCUT2D eigenvalue weighted by Gasteiger charge is -2.24. The van der Waals surface area contributed by atoms with Crippen LogP contribution in [0.2, 0.25) is 0 Å². The van der Waals surface area contributed by atoms with Crippen molar-refractivity contribution in [3.8, 4) is 0 Å². The molecule has 1 saturated heterocycles. The van der Waals surface area contributed by atoms with E-state index in [4.69, 9.17) is 10.7 Å². The molecule has 0 amide bonds. The highest BCUT2D eigenvalue weighted by Crippen LogP contribution is 2.51. The highest BCUT2D eigenvalue weighted by molar-refractivity contribution is 8.77. The second-order valence-electron chi connectivity index (χ2n) is 3.03. The lowest BCUT2D eigenvalue weighted by atomic mass is 10.0. The summed E-state index contributed by atoms with van der Waals surface area (Å²) in [4.78, 5) is 4.75. The van der Waals surface area contributed by atoms with Crippen molar-refractivity contribution in [3.05, 3.63) is 0 Å². The van der Waals surface area contributed by atoms with Crippen molar-refractivity contribution in [2.75, 3.05) is 6.67 Å². The highest BCUT2D eigenvalue weighted by Gasteiger charge is 2.44. The van der Waals surface area contributed by atoms with E-state index in [1.807, 2.05) is 13.8 Å². The molecule has 0 aromatic heterocycles. The number of alkyl halides is 1. The Labute approximate surface area is 73.8 Å². The molecule has 2 unspecified atom stereocenters. The van der Waals surface area contributed by atoms with Crippen LogP contribution in [0.15, 0.2) is 0 Å². The Hall–Kier alpha value is 0.550. The molecule has 1 aliphatic heterocycles. The van der Waals surface area contributed by atoms with Gasteiger partial charge in [0.1, 0.15) is 12.8 Å². The number of hydrogen-bond acceptors (Lipinski definition) is 4. The van der Waals surface area contributed by atoms with Crippen LogP contribution in [0.1, 0.15) is 13.8 Å². The van der Waals surface area contributed by atoms with Crippen molar-refractivity contribution in [1.29, 1.82) is 0 Å². The van der Waals surface area contributed by atoms with Gasteiger partial charge in [-0.05, 0) is 13.8 Å². The van der Waals surface area contributed by atoms with Crippen molar-refractivity contribution >= 4 is 21.6 Å². The molecule has 5 heteroatoms. The zero-order valence-electron chi connectivity index (χ0n) is 6.54. The SMILES string of the molecule is CC1(C)SSC(CF)C1ON. The van der Waals surface area contributed by atoms with Gasteiger partial charge in [0.2, 0.25) is 0 Å². The molecule has 0 aliphatic carbocycles. The first-order chi connectivity index (χ1) is 5.11. The van der Waals surface area contributed by atoms with Crippen LogP contribution in [0.25, 0.3) is 0 Å². The summed E-state index contributed by atoms with van der Waals surface area (Å²) in [6.45, 7) is 3.65. The van der Waals surface area contributed by atoms with E-state index in [0.29, 0.717) is 0 Å². The van der Waals surface area contributed by atoms with Gasteiger partial charge in [0.05, 0.1) is 10.00 Å². The smallest absolute Gasteiger partial charge is 0.109 e.